The van der Waals surface area contributed by atoms with E-state index in [0.29, 0.717) is 24.4 Å². The Morgan fingerprint density at radius 3 is 2.83 bits per heavy atom. The molecule has 30 heavy (non-hydrogen) atoms. The van der Waals surface area contributed by atoms with Crippen LogP contribution < -0.4 is 15.4 Å². The summed E-state index contributed by atoms with van der Waals surface area (Å²) < 4.78 is 21.4. The first-order valence-corrected chi connectivity index (χ1v) is 9.35. The van der Waals surface area contributed by atoms with Gasteiger partial charge in [-0.25, -0.2) is 18.9 Å². The third-order valence-corrected chi connectivity index (χ3v) is 4.97. The number of nitrogens with one attached hydrogen (secondary N) is 2. The third kappa shape index (κ3) is 3.20. The first kappa shape index (κ1) is 18.0. The molecule has 1 aliphatic heterocycles. The van der Waals surface area contributed by atoms with Gasteiger partial charge >= 0.3 is 0 Å². The Hall–Kier alpha value is -4.01. The van der Waals surface area contributed by atoms with Crippen LogP contribution in [0.25, 0.3) is 16.8 Å². The number of amides is 1. The van der Waals surface area contributed by atoms with E-state index < -0.39 is 5.82 Å². The van der Waals surface area contributed by atoms with Crippen LogP contribution in [0.4, 0.5) is 21.7 Å². The van der Waals surface area contributed by atoms with Crippen LogP contribution in [0.5, 0.6) is 5.88 Å². The van der Waals surface area contributed by atoms with Crippen LogP contribution >= 0.6 is 0 Å². The van der Waals surface area contributed by atoms with Gasteiger partial charge in [-0.05, 0) is 42.3 Å². The number of hydrogen-bond donors (Lipinski definition) is 2. The smallest absolute Gasteiger partial charge is 0.245 e. The molecule has 4 aromatic rings. The van der Waals surface area contributed by atoms with Gasteiger partial charge in [-0.1, -0.05) is 0 Å². The van der Waals surface area contributed by atoms with Crippen molar-refractivity contribution in [1.29, 1.82) is 0 Å². The topological polar surface area (TPSA) is 93.4 Å². The van der Waals surface area contributed by atoms with E-state index in [0.717, 1.165) is 22.3 Å². The van der Waals surface area contributed by atoms with E-state index in [1.807, 2.05) is 18.2 Å². The van der Waals surface area contributed by atoms with Gasteiger partial charge in [-0.15, -0.1) is 5.10 Å². The molecule has 1 aromatic carbocycles. The molecule has 0 radical (unpaired) electrons. The molecule has 2 N–H and O–H groups in total. The highest BCUT2D eigenvalue weighted by molar-refractivity contribution is 5.94. The highest BCUT2D eigenvalue weighted by Gasteiger charge is 2.18. The van der Waals surface area contributed by atoms with Gasteiger partial charge in [0.1, 0.15) is 5.82 Å². The summed E-state index contributed by atoms with van der Waals surface area (Å²) in [6.45, 7) is 0. The lowest BCUT2D eigenvalue weighted by atomic mass is 10.0. The Balaban J connectivity index is 1.50. The standard InChI is InChI=1S/C21H17FN6O2/c1-30-20-7-3-13(10-23-20)18-5-4-14-11-24-21(27-28(14)18)26-17-9-16-12(8-15(17)22)2-6-19(29)25-16/h3-5,7-11H,2,6H2,1H3,(H,25,29)(H,26,27). The number of ether oxygens (including phenoxy) is 1. The molecular formula is C21H17FN6O2. The van der Waals surface area contributed by atoms with E-state index in [1.54, 1.807) is 36.2 Å². The average Bonchev–Trinajstić information content (AvgIpc) is 3.18. The molecule has 0 saturated carbocycles. The summed E-state index contributed by atoms with van der Waals surface area (Å²) in [4.78, 5) is 20.1. The molecule has 3 aromatic heterocycles. The number of methoxy groups -OCH3 is 1. The second kappa shape index (κ2) is 7.11. The number of nitrogens with zero attached hydrogens (tertiary/aromatic N) is 4. The highest BCUT2D eigenvalue weighted by Crippen LogP contribution is 2.30. The van der Waals surface area contributed by atoms with Crippen LogP contribution in [0.1, 0.15) is 12.0 Å². The van der Waals surface area contributed by atoms with Crippen molar-refractivity contribution in [2.24, 2.45) is 0 Å². The van der Waals surface area contributed by atoms with Crippen molar-refractivity contribution in [3.05, 3.63) is 60.2 Å². The second-order valence-electron chi connectivity index (χ2n) is 6.89. The van der Waals surface area contributed by atoms with Crippen LogP contribution in [0.15, 0.2) is 48.8 Å². The summed E-state index contributed by atoms with van der Waals surface area (Å²) in [5, 5.41) is 10.2. The molecule has 150 valence electrons. The monoisotopic (exact) mass is 404 g/mol. The summed E-state index contributed by atoms with van der Waals surface area (Å²) >= 11 is 0. The van der Waals surface area contributed by atoms with Gasteiger partial charge in [0.05, 0.1) is 30.2 Å². The summed E-state index contributed by atoms with van der Waals surface area (Å²) in [5.74, 6) is 0.234. The number of halogens is 1. The minimum atomic E-state index is -0.430. The number of hydrogen-bond acceptors (Lipinski definition) is 6. The zero-order chi connectivity index (χ0) is 20.7. The Bertz CT molecular complexity index is 1270. The molecule has 0 aliphatic carbocycles. The molecule has 9 heteroatoms. The maximum absolute atomic E-state index is 14.6. The first-order valence-electron chi connectivity index (χ1n) is 9.35. The van der Waals surface area contributed by atoms with Gasteiger partial charge < -0.3 is 15.4 Å². The number of aromatic nitrogens is 4. The third-order valence-electron chi connectivity index (χ3n) is 4.97. The number of carbonyl (C=O) groups excluding carboxylic acids is 1. The molecule has 0 atom stereocenters. The number of fused-ring (bicyclic) bond motifs is 2. The molecule has 1 amide bonds. The molecule has 8 nitrogen and oxygen atoms in total. The van der Waals surface area contributed by atoms with Crippen molar-refractivity contribution >= 4 is 28.7 Å². The Morgan fingerprint density at radius 1 is 1.13 bits per heavy atom. The number of benzene rings is 1. The van der Waals surface area contributed by atoms with E-state index in [-0.39, 0.29) is 17.5 Å². The number of aryl methyl sites for hydroxylation is 1. The van der Waals surface area contributed by atoms with Crippen molar-refractivity contribution in [3.63, 3.8) is 0 Å². The van der Waals surface area contributed by atoms with Crippen LogP contribution in [-0.2, 0) is 11.2 Å². The lowest BCUT2D eigenvalue weighted by molar-refractivity contribution is -0.116. The maximum atomic E-state index is 14.6. The summed E-state index contributed by atoms with van der Waals surface area (Å²) in [6, 6.07) is 10.4. The average molecular weight is 404 g/mol. The number of pyridine rings is 1. The van der Waals surface area contributed by atoms with Crippen LogP contribution in [0.2, 0.25) is 0 Å². The Morgan fingerprint density at radius 2 is 2.03 bits per heavy atom. The van der Waals surface area contributed by atoms with Crippen molar-refractivity contribution < 1.29 is 13.9 Å². The molecule has 4 heterocycles. The van der Waals surface area contributed by atoms with Gasteiger partial charge in [0.2, 0.25) is 17.7 Å². The maximum Gasteiger partial charge on any atom is 0.245 e. The molecule has 0 fully saturated rings. The molecule has 1 aliphatic rings. The zero-order valence-electron chi connectivity index (χ0n) is 16.0. The predicted molar refractivity (Wildman–Crippen MR) is 109 cm³/mol. The van der Waals surface area contributed by atoms with Crippen molar-refractivity contribution in [2.45, 2.75) is 12.8 Å². The summed E-state index contributed by atoms with van der Waals surface area (Å²) in [7, 11) is 1.56. The van der Waals surface area contributed by atoms with E-state index >= 15 is 0 Å². The lowest BCUT2D eigenvalue weighted by Gasteiger charge is -2.18. The van der Waals surface area contributed by atoms with E-state index in [9.17, 15) is 9.18 Å². The van der Waals surface area contributed by atoms with Gasteiger partial charge in [-0.3, -0.25) is 4.79 Å². The molecular weight excluding hydrogens is 387 g/mol. The van der Waals surface area contributed by atoms with E-state index in [4.69, 9.17) is 4.74 Å². The molecule has 0 spiro atoms. The van der Waals surface area contributed by atoms with Crippen molar-refractivity contribution in [2.75, 3.05) is 17.7 Å². The zero-order valence-corrected chi connectivity index (χ0v) is 16.0. The van der Waals surface area contributed by atoms with Crippen LogP contribution in [0.3, 0.4) is 0 Å². The number of anilines is 3. The molecule has 0 unspecified atom stereocenters. The largest absolute Gasteiger partial charge is 0.481 e. The lowest BCUT2D eigenvalue weighted by Crippen LogP contribution is -2.19. The van der Waals surface area contributed by atoms with Crippen molar-refractivity contribution in [1.82, 2.24) is 19.6 Å². The Kier molecular flexibility index (Phi) is 4.27. The highest BCUT2D eigenvalue weighted by atomic mass is 19.1. The van der Waals surface area contributed by atoms with E-state index in [1.165, 1.54) is 6.07 Å². The van der Waals surface area contributed by atoms with Crippen LogP contribution in [-0.4, -0.2) is 32.6 Å². The number of carbonyl (C=O) groups is 1. The normalized spacial score (nSPS) is 13.1. The summed E-state index contributed by atoms with van der Waals surface area (Å²) in [5.41, 5.74) is 4.00. The van der Waals surface area contributed by atoms with Gasteiger partial charge in [0, 0.05) is 29.9 Å². The van der Waals surface area contributed by atoms with Gasteiger partial charge in [0.25, 0.3) is 0 Å². The van der Waals surface area contributed by atoms with E-state index in [2.05, 4.69) is 25.7 Å². The fourth-order valence-electron chi connectivity index (χ4n) is 3.44. The molecule has 0 saturated heterocycles. The minimum Gasteiger partial charge on any atom is -0.481 e. The second-order valence-corrected chi connectivity index (χ2v) is 6.89. The molecule has 5 rings (SSSR count). The quantitative estimate of drug-likeness (QED) is 0.540. The minimum absolute atomic E-state index is 0.0807. The van der Waals surface area contributed by atoms with Gasteiger partial charge in [0.15, 0.2) is 0 Å². The predicted octanol–water partition coefficient (Wildman–Crippen LogP) is 3.57. The fraction of sp³-hybridized carbons (Fsp3) is 0.143. The number of rotatable bonds is 4. The Labute approximate surface area is 170 Å². The first-order chi connectivity index (χ1) is 14.6. The van der Waals surface area contributed by atoms with Crippen molar-refractivity contribution in [3.8, 4) is 17.1 Å². The fourth-order valence-corrected chi connectivity index (χ4v) is 3.44. The van der Waals surface area contributed by atoms with Gasteiger partial charge in [-0.2, -0.15) is 0 Å². The van der Waals surface area contributed by atoms with Crippen LogP contribution in [0, 0.1) is 5.82 Å². The summed E-state index contributed by atoms with van der Waals surface area (Å²) in [6.07, 6.45) is 4.22. The molecule has 0 bridgehead atoms. The SMILES string of the molecule is COc1ccc(-c2ccc3cnc(Nc4cc5c(cc4F)CCC(=O)N5)nn23)cn1.